The van der Waals surface area contributed by atoms with Crippen LogP contribution < -0.4 is 5.73 Å². The fourth-order valence-corrected chi connectivity index (χ4v) is 2.24. The van der Waals surface area contributed by atoms with Gasteiger partial charge in [-0.2, -0.15) is 0 Å². The number of halogens is 1. The molecule has 0 saturated carbocycles. The second-order valence-electron chi connectivity index (χ2n) is 4.84. The molecule has 4 heteroatoms. The number of likely N-dealkylation sites (tertiary alicyclic amines) is 1. The van der Waals surface area contributed by atoms with Crippen molar-refractivity contribution >= 4 is 5.91 Å². The standard InChI is InChI=1S/C15H17FN2O/c1-11-6-8-18(10-11)15(19)14-5-4-13(16)9-12(14)3-2-7-17/h4-5,9,11H,6-8,10,17H2,1H3. The molecule has 0 bridgehead atoms. The first-order chi connectivity index (χ1) is 9.11. The van der Waals surface area contributed by atoms with Crippen LogP contribution in [-0.4, -0.2) is 30.4 Å². The number of benzene rings is 1. The molecule has 0 aliphatic carbocycles. The predicted octanol–water partition coefficient (Wildman–Crippen LogP) is 1.62. The van der Waals surface area contributed by atoms with Crippen LogP contribution in [0.4, 0.5) is 4.39 Å². The van der Waals surface area contributed by atoms with E-state index in [-0.39, 0.29) is 12.5 Å². The van der Waals surface area contributed by atoms with Gasteiger partial charge in [0, 0.05) is 18.7 Å². The fraction of sp³-hybridized carbons (Fsp3) is 0.400. The normalized spacial score (nSPS) is 18.1. The summed E-state index contributed by atoms with van der Waals surface area (Å²) < 4.78 is 13.3. The van der Waals surface area contributed by atoms with Crippen molar-refractivity contribution < 1.29 is 9.18 Å². The van der Waals surface area contributed by atoms with Gasteiger partial charge in [0.25, 0.3) is 5.91 Å². The highest BCUT2D eigenvalue weighted by atomic mass is 19.1. The summed E-state index contributed by atoms with van der Waals surface area (Å²) in [4.78, 5) is 14.2. The molecule has 1 atom stereocenters. The maximum atomic E-state index is 13.3. The molecule has 1 amide bonds. The van der Waals surface area contributed by atoms with Gasteiger partial charge < -0.3 is 10.6 Å². The zero-order chi connectivity index (χ0) is 13.8. The van der Waals surface area contributed by atoms with E-state index in [2.05, 4.69) is 18.8 Å². The van der Waals surface area contributed by atoms with Gasteiger partial charge in [0.2, 0.25) is 0 Å². The molecule has 100 valence electrons. The molecule has 0 spiro atoms. The van der Waals surface area contributed by atoms with Crippen LogP contribution in [0.1, 0.15) is 29.3 Å². The SMILES string of the molecule is CC1CCN(C(=O)c2ccc(F)cc2C#CCN)C1. The van der Waals surface area contributed by atoms with E-state index in [9.17, 15) is 9.18 Å². The fourth-order valence-electron chi connectivity index (χ4n) is 2.24. The minimum absolute atomic E-state index is 0.0781. The van der Waals surface area contributed by atoms with Crippen LogP contribution in [0, 0.1) is 23.6 Å². The Balaban J connectivity index is 2.30. The molecule has 1 aromatic rings. The van der Waals surface area contributed by atoms with Crippen molar-refractivity contribution in [3.63, 3.8) is 0 Å². The highest BCUT2D eigenvalue weighted by Gasteiger charge is 2.25. The second-order valence-corrected chi connectivity index (χ2v) is 4.84. The Labute approximate surface area is 112 Å². The molecule has 1 heterocycles. The molecule has 0 aromatic heterocycles. The van der Waals surface area contributed by atoms with Crippen molar-refractivity contribution in [2.75, 3.05) is 19.6 Å². The average molecular weight is 260 g/mol. The largest absolute Gasteiger partial charge is 0.338 e. The van der Waals surface area contributed by atoms with Gasteiger partial charge in [0.15, 0.2) is 0 Å². The van der Waals surface area contributed by atoms with Gasteiger partial charge in [-0.25, -0.2) is 4.39 Å². The number of amides is 1. The molecule has 1 aliphatic rings. The Kier molecular flexibility index (Phi) is 4.18. The maximum absolute atomic E-state index is 13.3. The van der Waals surface area contributed by atoms with Crippen LogP contribution in [0.2, 0.25) is 0 Å². The lowest BCUT2D eigenvalue weighted by Crippen LogP contribution is -2.29. The minimum atomic E-state index is -0.396. The zero-order valence-corrected chi connectivity index (χ0v) is 10.9. The first-order valence-electron chi connectivity index (χ1n) is 6.39. The molecule has 1 aliphatic heterocycles. The van der Waals surface area contributed by atoms with Gasteiger partial charge in [-0.3, -0.25) is 4.79 Å². The van der Waals surface area contributed by atoms with Gasteiger partial charge in [-0.15, -0.1) is 0 Å². The van der Waals surface area contributed by atoms with Crippen LogP contribution in [0.25, 0.3) is 0 Å². The lowest BCUT2D eigenvalue weighted by atomic mass is 10.1. The van der Waals surface area contributed by atoms with Gasteiger partial charge in [-0.05, 0) is 30.5 Å². The summed E-state index contributed by atoms with van der Waals surface area (Å²) in [7, 11) is 0. The van der Waals surface area contributed by atoms with E-state index in [1.165, 1.54) is 18.2 Å². The zero-order valence-electron chi connectivity index (χ0n) is 10.9. The van der Waals surface area contributed by atoms with E-state index in [1.54, 1.807) is 4.90 Å². The summed E-state index contributed by atoms with van der Waals surface area (Å²) >= 11 is 0. The molecule has 1 unspecified atom stereocenters. The van der Waals surface area contributed by atoms with Crippen LogP contribution in [0.5, 0.6) is 0 Å². The highest BCUT2D eigenvalue weighted by molar-refractivity contribution is 5.97. The quantitative estimate of drug-likeness (QED) is 0.780. The molecule has 1 fully saturated rings. The third-order valence-electron chi connectivity index (χ3n) is 3.25. The van der Waals surface area contributed by atoms with Gasteiger partial charge in [-0.1, -0.05) is 18.8 Å². The Hall–Kier alpha value is -1.86. The summed E-state index contributed by atoms with van der Waals surface area (Å²) in [6.45, 7) is 3.80. The molecule has 2 rings (SSSR count). The first-order valence-corrected chi connectivity index (χ1v) is 6.39. The first kappa shape index (κ1) is 13.6. The van der Waals surface area contributed by atoms with Crippen molar-refractivity contribution in [3.05, 3.63) is 35.1 Å². The third kappa shape index (κ3) is 3.12. The highest BCUT2D eigenvalue weighted by Crippen LogP contribution is 2.20. The van der Waals surface area contributed by atoms with Crippen LogP contribution in [-0.2, 0) is 0 Å². The van der Waals surface area contributed by atoms with E-state index in [1.807, 2.05) is 0 Å². The van der Waals surface area contributed by atoms with Crippen LogP contribution in [0.3, 0.4) is 0 Å². The minimum Gasteiger partial charge on any atom is -0.338 e. The summed E-state index contributed by atoms with van der Waals surface area (Å²) in [5.74, 6) is 5.48. The Morgan fingerprint density at radius 1 is 1.58 bits per heavy atom. The molecule has 0 radical (unpaired) electrons. The van der Waals surface area contributed by atoms with E-state index < -0.39 is 5.82 Å². The Morgan fingerprint density at radius 2 is 2.37 bits per heavy atom. The molecule has 1 saturated heterocycles. The van der Waals surface area contributed by atoms with E-state index in [4.69, 9.17) is 5.73 Å². The maximum Gasteiger partial charge on any atom is 0.255 e. The van der Waals surface area contributed by atoms with Gasteiger partial charge in [0.05, 0.1) is 12.1 Å². The van der Waals surface area contributed by atoms with Crippen LogP contribution >= 0.6 is 0 Å². The summed E-state index contributed by atoms with van der Waals surface area (Å²) in [6, 6.07) is 4.08. The monoisotopic (exact) mass is 260 g/mol. The number of carbonyl (C=O) groups excluding carboxylic acids is 1. The second kappa shape index (κ2) is 5.85. The molecule has 1 aromatic carbocycles. The number of hydrogen-bond acceptors (Lipinski definition) is 2. The van der Waals surface area contributed by atoms with E-state index >= 15 is 0 Å². The Morgan fingerprint density at radius 3 is 3.00 bits per heavy atom. The molecule has 2 N–H and O–H groups in total. The Bertz CT molecular complexity index is 545. The molecular weight excluding hydrogens is 243 g/mol. The lowest BCUT2D eigenvalue weighted by Gasteiger charge is -2.16. The average Bonchev–Trinajstić information content (AvgIpc) is 2.82. The van der Waals surface area contributed by atoms with E-state index in [0.717, 1.165) is 19.5 Å². The number of carbonyl (C=O) groups is 1. The molecular formula is C15H17FN2O. The van der Waals surface area contributed by atoms with Gasteiger partial charge in [0.1, 0.15) is 5.82 Å². The predicted molar refractivity (Wildman–Crippen MR) is 72.0 cm³/mol. The van der Waals surface area contributed by atoms with Crippen LogP contribution in [0.15, 0.2) is 18.2 Å². The van der Waals surface area contributed by atoms with Crippen molar-refractivity contribution in [2.45, 2.75) is 13.3 Å². The lowest BCUT2D eigenvalue weighted by molar-refractivity contribution is 0.0788. The number of hydrogen-bond donors (Lipinski definition) is 1. The third-order valence-corrected chi connectivity index (χ3v) is 3.25. The smallest absolute Gasteiger partial charge is 0.255 e. The van der Waals surface area contributed by atoms with Crippen molar-refractivity contribution in [2.24, 2.45) is 11.7 Å². The summed E-state index contributed by atoms with van der Waals surface area (Å²) in [5, 5.41) is 0. The van der Waals surface area contributed by atoms with Gasteiger partial charge >= 0.3 is 0 Å². The summed E-state index contributed by atoms with van der Waals surface area (Å²) in [5.41, 5.74) is 6.19. The van der Waals surface area contributed by atoms with E-state index in [0.29, 0.717) is 17.0 Å². The van der Waals surface area contributed by atoms with Crippen molar-refractivity contribution in [1.29, 1.82) is 0 Å². The number of rotatable bonds is 1. The molecule has 19 heavy (non-hydrogen) atoms. The van der Waals surface area contributed by atoms with Crippen molar-refractivity contribution in [3.8, 4) is 11.8 Å². The molecule has 3 nitrogen and oxygen atoms in total. The summed E-state index contributed by atoms with van der Waals surface area (Å²) in [6.07, 6.45) is 1.01. The topological polar surface area (TPSA) is 46.3 Å². The van der Waals surface area contributed by atoms with Crippen molar-refractivity contribution in [1.82, 2.24) is 4.90 Å². The number of nitrogens with two attached hydrogens (primary N) is 1. The number of nitrogens with zero attached hydrogens (tertiary/aromatic N) is 1.